The molecule has 1 aromatic heterocycles. The maximum Gasteiger partial charge on any atom is 0.224 e. The summed E-state index contributed by atoms with van der Waals surface area (Å²) in [5.74, 6) is 0.0156. The number of hydrogen-bond acceptors (Lipinski definition) is 3. The molecule has 0 aromatic carbocycles. The number of halogens is 1. The summed E-state index contributed by atoms with van der Waals surface area (Å²) in [4.78, 5) is 15.4. The number of rotatable bonds is 7. The number of aromatic nitrogens is 1. The molecule has 0 aliphatic heterocycles. The Morgan fingerprint density at radius 2 is 2.06 bits per heavy atom. The smallest absolute Gasteiger partial charge is 0.224 e. The molecule has 0 aliphatic carbocycles. The average molecular weight is 256 g/mol. The van der Waals surface area contributed by atoms with Crippen LogP contribution in [0.25, 0.3) is 0 Å². The fraction of sp³-hybridized carbons (Fsp3) is 0.500. The summed E-state index contributed by atoms with van der Waals surface area (Å²) in [7, 11) is 0. The lowest BCUT2D eigenvalue weighted by Crippen LogP contribution is -2.11. The van der Waals surface area contributed by atoms with Gasteiger partial charge < -0.3 is 11.1 Å². The Labute approximate surface area is 107 Å². The van der Waals surface area contributed by atoms with Gasteiger partial charge in [-0.3, -0.25) is 4.79 Å². The topological polar surface area (TPSA) is 68.0 Å². The van der Waals surface area contributed by atoms with Crippen molar-refractivity contribution in [3.8, 4) is 0 Å². The molecular weight excluding hydrogens is 238 g/mol. The van der Waals surface area contributed by atoms with Crippen LogP contribution in [0.1, 0.15) is 32.1 Å². The van der Waals surface area contributed by atoms with E-state index in [1.807, 2.05) is 0 Å². The maximum absolute atomic E-state index is 11.5. The number of carbonyl (C=O) groups is 1. The molecule has 17 heavy (non-hydrogen) atoms. The first-order valence-electron chi connectivity index (χ1n) is 5.84. The minimum absolute atomic E-state index is 0.0156. The van der Waals surface area contributed by atoms with Crippen LogP contribution in [0, 0.1) is 0 Å². The summed E-state index contributed by atoms with van der Waals surface area (Å²) in [6, 6.07) is 3.39. The number of hydrogen-bond donors (Lipinski definition) is 2. The molecule has 0 aliphatic rings. The molecule has 0 radical (unpaired) electrons. The lowest BCUT2D eigenvalue weighted by Gasteiger charge is -2.04. The van der Waals surface area contributed by atoms with E-state index in [0.717, 1.165) is 32.2 Å². The second kappa shape index (κ2) is 8.03. The van der Waals surface area contributed by atoms with Crippen LogP contribution in [-0.4, -0.2) is 17.4 Å². The highest BCUT2D eigenvalue weighted by atomic mass is 35.5. The van der Waals surface area contributed by atoms with Gasteiger partial charge in [0.15, 0.2) is 0 Å². The Hall–Kier alpha value is -1.13. The van der Waals surface area contributed by atoms with Gasteiger partial charge in [0.25, 0.3) is 0 Å². The van der Waals surface area contributed by atoms with E-state index in [1.165, 1.54) is 0 Å². The average Bonchev–Trinajstić information content (AvgIpc) is 2.32. The molecule has 94 valence electrons. The molecular formula is C12H18ClN3O. The summed E-state index contributed by atoms with van der Waals surface area (Å²) in [6.07, 6.45) is 6.15. The van der Waals surface area contributed by atoms with Gasteiger partial charge in [-0.25, -0.2) is 4.98 Å². The van der Waals surface area contributed by atoms with Gasteiger partial charge >= 0.3 is 0 Å². The number of nitrogens with one attached hydrogen (secondary N) is 1. The van der Waals surface area contributed by atoms with Gasteiger partial charge in [0.2, 0.25) is 5.91 Å². The molecule has 0 saturated heterocycles. The second-order valence-corrected chi connectivity index (χ2v) is 4.26. The summed E-state index contributed by atoms with van der Waals surface area (Å²) in [5.41, 5.74) is 6.07. The van der Waals surface area contributed by atoms with Crippen molar-refractivity contribution in [3.05, 3.63) is 23.5 Å². The summed E-state index contributed by atoms with van der Waals surface area (Å²) >= 11 is 5.65. The molecule has 0 atom stereocenters. The molecule has 0 saturated carbocycles. The highest BCUT2D eigenvalue weighted by molar-refractivity contribution is 6.29. The van der Waals surface area contributed by atoms with Crippen LogP contribution in [-0.2, 0) is 4.79 Å². The summed E-state index contributed by atoms with van der Waals surface area (Å²) < 4.78 is 0. The minimum Gasteiger partial charge on any atom is -0.330 e. The van der Waals surface area contributed by atoms with Crippen LogP contribution in [0.4, 0.5) is 5.69 Å². The van der Waals surface area contributed by atoms with E-state index in [0.29, 0.717) is 17.3 Å². The van der Waals surface area contributed by atoms with Gasteiger partial charge in [0, 0.05) is 6.42 Å². The van der Waals surface area contributed by atoms with E-state index in [4.69, 9.17) is 17.3 Å². The third-order valence-electron chi connectivity index (χ3n) is 2.37. The van der Waals surface area contributed by atoms with E-state index in [9.17, 15) is 4.79 Å². The lowest BCUT2D eigenvalue weighted by molar-refractivity contribution is -0.116. The van der Waals surface area contributed by atoms with Crippen LogP contribution in [0.2, 0.25) is 5.15 Å². The van der Waals surface area contributed by atoms with Gasteiger partial charge in [-0.05, 0) is 31.5 Å². The number of amides is 1. The fourth-order valence-electron chi connectivity index (χ4n) is 1.46. The number of unbranched alkanes of at least 4 members (excludes halogenated alkanes) is 3. The number of anilines is 1. The fourth-order valence-corrected chi connectivity index (χ4v) is 1.57. The van der Waals surface area contributed by atoms with Crippen molar-refractivity contribution in [2.45, 2.75) is 32.1 Å². The van der Waals surface area contributed by atoms with Crippen LogP contribution in [0.3, 0.4) is 0 Å². The van der Waals surface area contributed by atoms with E-state index in [2.05, 4.69) is 10.3 Å². The SMILES string of the molecule is NCCCCCCC(=O)Nc1ccc(Cl)nc1. The van der Waals surface area contributed by atoms with Crippen molar-refractivity contribution in [1.82, 2.24) is 4.98 Å². The highest BCUT2D eigenvalue weighted by Gasteiger charge is 2.02. The molecule has 1 aromatic rings. The summed E-state index contributed by atoms with van der Waals surface area (Å²) in [6.45, 7) is 0.725. The van der Waals surface area contributed by atoms with E-state index in [-0.39, 0.29) is 5.91 Å². The van der Waals surface area contributed by atoms with E-state index >= 15 is 0 Å². The first kappa shape index (κ1) is 13.9. The van der Waals surface area contributed by atoms with E-state index in [1.54, 1.807) is 18.3 Å². The quantitative estimate of drug-likeness (QED) is 0.581. The molecule has 4 nitrogen and oxygen atoms in total. The van der Waals surface area contributed by atoms with Crippen LogP contribution in [0.15, 0.2) is 18.3 Å². The normalized spacial score (nSPS) is 10.2. The van der Waals surface area contributed by atoms with Gasteiger partial charge in [0.1, 0.15) is 5.15 Å². The Morgan fingerprint density at radius 1 is 1.29 bits per heavy atom. The molecule has 0 fully saturated rings. The second-order valence-electron chi connectivity index (χ2n) is 3.87. The van der Waals surface area contributed by atoms with Gasteiger partial charge in [-0.1, -0.05) is 24.4 Å². The van der Waals surface area contributed by atoms with Crippen LogP contribution in [0.5, 0.6) is 0 Å². The molecule has 1 amide bonds. The highest BCUT2D eigenvalue weighted by Crippen LogP contribution is 2.10. The number of nitrogens with zero attached hydrogens (tertiary/aromatic N) is 1. The Morgan fingerprint density at radius 3 is 2.71 bits per heavy atom. The number of nitrogens with two attached hydrogens (primary N) is 1. The van der Waals surface area contributed by atoms with Crippen molar-refractivity contribution in [3.63, 3.8) is 0 Å². The van der Waals surface area contributed by atoms with Crippen molar-refractivity contribution >= 4 is 23.2 Å². The summed E-state index contributed by atoms with van der Waals surface area (Å²) in [5, 5.41) is 3.20. The molecule has 0 spiro atoms. The Kier molecular flexibility index (Phi) is 6.58. The maximum atomic E-state index is 11.5. The Bertz CT molecular complexity index is 340. The molecule has 1 rings (SSSR count). The molecule has 0 unspecified atom stereocenters. The third kappa shape index (κ3) is 6.24. The van der Waals surface area contributed by atoms with Gasteiger partial charge in [-0.15, -0.1) is 0 Å². The lowest BCUT2D eigenvalue weighted by atomic mass is 10.1. The first-order valence-corrected chi connectivity index (χ1v) is 6.21. The zero-order valence-electron chi connectivity index (χ0n) is 9.79. The van der Waals surface area contributed by atoms with Crippen molar-refractivity contribution in [2.75, 3.05) is 11.9 Å². The van der Waals surface area contributed by atoms with E-state index < -0.39 is 0 Å². The molecule has 1 heterocycles. The predicted molar refractivity (Wildman–Crippen MR) is 70.0 cm³/mol. The molecule has 0 bridgehead atoms. The van der Waals surface area contributed by atoms with Crippen molar-refractivity contribution < 1.29 is 4.79 Å². The van der Waals surface area contributed by atoms with Crippen molar-refractivity contribution in [1.29, 1.82) is 0 Å². The standard InChI is InChI=1S/C12H18ClN3O/c13-11-7-6-10(9-15-11)16-12(17)5-3-1-2-4-8-14/h6-7,9H,1-5,8,14H2,(H,16,17). The van der Waals surface area contributed by atoms with Crippen LogP contribution < -0.4 is 11.1 Å². The largest absolute Gasteiger partial charge is 0.330 e. The van der Waals surface area contributed by atoms with Crippen molar-refractivity contribution in [2.24, 2.45) is 5.73 Å². The number of pyridine rings is 1. The van der Waals surface area contributed by atoms with Crippen LogP contribution >= 0.6 is 11.6 Å². The third-order valence-corrected chi connectivity index (χ3v) is 2.59. The molecule has 5 heteroatoms. The Balaban J connectivity index is 2.18. The predicted octanol–water partition coefficient (Wildman–Crippen LogP) is 2.58. The monoisotopic (exact) mass is 255 g/mol. The number of carbonyl (C=O) groups excluding carboxylic acids is 1. The zero-order chi connectivity index (χ0) is 12.5. The van der Waals surface area contributed by atoms with Gasteiger partial charge in [0.05, 0.1) is 11.9 Å². The molecule has 3 N–H and O–H groups in total. The van der Waals surface area contributed by atoms with Gasteiger partial charge in [-0.2, -0.15) is 0 Å². The zero-order valence-corrected chi connectivity index (χ0v) is 10.5. The first-order chi connectivity index (χ1) is 8.22. The minimum atomic E-state index is 0.0156.